The standard InChI is InChI=1S/C59H68N10O19S2.Na/c1-5-85-28-31-6-9-33(10-7-31)34-11-15-36(16-12-34)56-66-67-57(89-56)37-17-13-35(14-18-37)51(77)62-40-22-38(71)24-61-55(81)49-50(76)29(2)26-69(49)59(83)48(44(75)25-60-4)65-54(80)47(43(74)20-32-8-19-42(73)45(21-32)86-90-88-87-84)64-53(79)41-23-39(72)27-68(41)58(82)46(30(3)70)63-52(40)78;/h6-19,21,29-30,38-41,43-44,46-50,70-76,84H,5,20,22-28H2,1-3H3,(H,61,81)(H,62,77)(H,63,78)(H,64,79)(H,65,80);/q;+1/p-1/t29?,30?,38-,39?,40-,41?,43+,44+,46?,47?,48-,49?,50-;/m0./s1. The predicted octanol–water partition coefficient (Wildman–Crippen LogP) is -4.18. The van der Waals surface area contributed by atoms with E-state index in [1.54, 1.807) is 12.1 Å². The average molecular weight is 1310 g/mol. The van der Waals surface area contributed by atoms with Crippen molar-refractivity contribution >= 4 is 65.0 Å². The summed E-state index contributed by atoms with van der Waals surface area (Å²) in [7, 11) is 0. The number of fused-ring (bicyclic) bond motifs is 2. The molecule has 3 fully saturated rings. The molecule has 3 saturated heterocycles. The van der Waals surface area contributed by atoms with Gasteiger partial charge in [-0.1, -0.05) is 85.0 Å². The normalized spacial score (nSPS) is 24.6. The Morgan fingerprint density at radius 2 is 1.36 bits per heavy atom. The van der Waals surface area contributed by atoms with Gasteiger partial charge in [0.1, 0.15) is 46.3 Å². The van der Waals surface area contributed by atoms with Gasteiger partial charge < -0.3 is 91.2 Å². The maximum Gasteiger partial charge on any atom is 1.00 e. The molecule has 13 atom stereocenters. The van der Waals surface area contributed by atoms with E-state index in [9.17, 15) is 74.6 Å². The number of phenolic OH excluding ortho intramolecular Hbond substituents is 1. The molecular formula is C59H67N10NaO19S2. The summed E-state index contributed by atoms with van der Waals surface area (Å²) < 4.78 is 14.7. The van der Waals surface area contributed by atoms with Gasteiger partial charge in [0.05, 0.1) is 37.1 Å². The Morgan fingerprint density at radius 3 is 1.99 bits per heavy atom. The van der Waals surface area contributed by atoms with Crippen LogP contribution < -0.4 is 65.6 Å². The fourth-order valence-corrected chi connectivity index (χ4v) is 11.7. The number of hydrogen-bond donors (Lipinski definition) is 12. The van der Waals surface area contributed by atoms with Gasteiger partial charge in [0, 0.05) is 68.1 Å². The van der Waals surface area contributed by atoms with Crippen molar-refractivity contribution in [2.75, 3.05) is 32.8 Å². The zero-order valence-corrected chi connectivity index (χ0v) is 53.2. The number of β-amino-alcohol motifs (C(OH)–C–C–N with tert-alkyl or cyclic N) is 1. The van der Waals surface area contributed by atoms with E-state index in [2.05, 4.69) is 51.0 Å². The van der Waals surface area contributed by atoms with Gasteiger partial charge in [0.15, 0.2) is 17.6 Å². The second-order valence-corrected chi connectivity index (χ2v) is 23.2. The SMILES string of the molecule is [C-]#[N+]C[C@@H](O)[C@@H]1NC(=O)C([C@H](O)Cc2ccc(O)c(OSOO[O-])c2)NC(=O)C2CC(O)CN2C(=O)C(C(C)O)NC(=O)[C@@H](NC(=O)c2ccc(-c3nnc(-c4ccc(-c5ccc(COCC)cc5)cc4)s3)cc2)C[C@H](O)CNC(=O)C2[C@@H](O)C(C)CN2C1=O.[Na+]. The van der Waals surface area contributed by atoms with Crippen molar-refractivity contribution in [3.63, 3.8) is 0 Å². The van der Waals surface area contributed by atoms with E-state index in [4.69, 9.17) is 15.5 Å². The molecule has 0 spiro atoms. The van der Waals surface area contributed by atoms with Crippen LogP contribution in [-0.2, 0) is 55.9 Å². The van der Waals surface area contributed by atoms with Crippen molar-refractivity contribution in [3.8, 4) is 43.8 Å². The van der Waals surface area contributed by atoms with Crippen LogP contribution in [0.15, 0.2) is 91.0 Å². The molecular weight excluding hydrogens is 1240 g/mol. The summed E-state index contributed by atoms with van der Waals surface area (Å²) in [5.74, 6) is -9.74. The van der Waals surface area contributed by atoms with Gasteiger partial charge in [-0.15, -0.1) is 14.5 Å². The number of carbonyl (C=O) groups excluding carboxylic acids is 7. The summed E-state index contributed by atoms with van der Waals surface area (Å²) in [6.45, 7) is 10.7. The number of aliphatic hydroxyl groups excluding tert-OH is 6. The number of aromatic nitrogens is 2. The van der Waals surface area contributed by atoms with Crippen LogP contribution in [0.25, 0.3) is 37.1 Å². The van der Waals surface area contributed by atoms with E-state index < -0.39 is 165 Å². The fraction of sp³-hybridized carbons (Fsp3) is 0.424. The topological polar surface area (TPSA) is 418 Å². The Morgan fingerprint density at radius 1 is 0.769 bits per heavy atom. The second kappa shape index (κ2) is 32.9. The van der Waals surface area contributed by atoms with Gasteiger partial charge in [-0.05, 0) is 60.4 Å². The summed E-state index contributed by atoms with van der Waals surface area (Å²) >= 11 is 1.30. The molecule has 4 heterocycles. The molecule has 7 amide bonds. The number of hydrogen-bond acceptors (Lipinski definition) is 23. The van der Waals surface area contributed by atoms with Crippen LogP contribution in [0.5, 0.6) is 11.5 Å². The molecule has 91 heavy (non-hydrogen) atoms. The number of benzene rings is 4. The van der Waals surface area contributed by atoms with Crippen LogP contribution >= 0.6 is 23.7 Å². The molecule has 3 aliphatic rings. The first-order valence-corrected chi connectivity index (χ1v) is 29.9. The summed E-state index contributed by atoms with van der Waals surface area (Å²) in [5.41, 5.74) is 4.58. The molecule has 0 bridgehead atoms. The maximum atomic E-state index is 14.6. The quantitative estimate of drug-likeness (QED) is 0.00989. The fourth-order valence-electron chi connectivity index (χ4n) is 10.6. The minimum atomic E-state index is -2.16. The van der Waals surface area contributed by atoms with E-state index >= 15 is 0 Å². The predicted molar refractivity (Wildman–Crippen MR) is 316 cm³/mol. The Balaban J connectivity index is 0.0000118. The van der Waals surface area contributed by atoms with Crippen LogP contribution in [0.1, 0.15) is 55.1 Å². The zero-order valence-electron chi connectivity index (χ0n) is 49.6. The number of phenols is 1. The van der Waals surface area contributed by atoms with E-state index in [-0.39, 0.29) is 65.3 Å². The molecule has 1 aromatic heterocycles. The number of nitrogens with one attached hydrogen (secondary N) is 5. The minimum absolute atomic E-state index is 0. The molecule has 0 radical (unpaired) electrons. The number of aromatic hydroxyl groups is 1. The molecule has 8 rings (SSSR count). The van der Waals surface area contributed by atoms with Crippen molar-refractivity contribution < 1.29 is 122 Å². The smallest absolute Gasteiger partial charge is 0.691 e. The number of amides is 7. The summed E-state index contributed by atoms with van der Waals surface area (Å²) in [6, 6.07) is 14.0. The Labute approximate surface area is 551 Å². The molecule has 7 unspecified atom stereocenters. The zero-order chi connectivity index (χ0) is 64.9. The Hall–Kier alpha value is -7.23. The summed E-state index contributed by atoms with van der Waals surface area (Å²) in [4.78, 5) is 106. The van der Waals surface area contributed by atoms with Crippen LogP contribution in [0, 0.1) is 12.5 Å². The van der Waals surface area contributed by atoms with Crippen molar-refractivity contribution in [2.45, 2.75) is 120 Å². The average Bonchev–Trinajstić information content (AvgIpc) is 2.01. The van der Waals surface area contributed by atoms with Crippen LogP contribution in [0.3, 0.4) is 0 Å². The van der Waals surface area contributed by atoms with Gasteiger partial charge >= 0.3 is 29.6 Å². The van der Waals surface area contributed by atoms with E-state index in [0.717, 1.165) is 51.1 Å². The molecule has 4 aromatic carbocycles. The molecule has 480 valence electrons. The largest absolute Gasteiger partial charge is 1.00 e. The Bertz CT molecular complexity index is 3400. The summed E-state index contributed by atoms with van der Waals surface area (Å²) in [6.07, 6.45) is -12.4. The third-order valence-corrected chi connectivity index (χ3v) is 16.8. The molecule has 0 saturated carbocycles. The Kier molecular flexibility index (Phi) is 25.7. The summed E-state index contributed by atoms with van der Waals surface area (Å²) in [5, 5.41) is 114. The van der Waals surface area contributed by atoms with Crippen molar-refractivity contribution in [1.82, 2.24) is 46.6 Å². The maximum absolute atomic E-state index is 14.6. The van der Waals surface area contributed by atoms with Crippen LogP contribution in [0.2, 0.25) is 0 Å². The second-order valence-electron chi connectivity index (χ2n) is 21.8. The number of rotatable bonds is 18. The van der Waals surface area contributed by atoms with Gasteiger partial charge in [-0.3, -0.25) is 38.6 Å². The third-order valence-electron chi connectivity index (χ3n) is 15.4. The van der Waals surface area contributed by atoms with Gasteiger partial charge in [-0.2, -0.15) is 0 Å². The van der Waals surface area contributed by atoms with Crippen LogP contribution in [-0.4, -0.2) is 203 Å². The monoisotopic (exact) mass is 1310 g/mol. The molecule has 29 nitrogen and oxygen atoms in total. The first-order valence-electron chi connectivity index (χ1n) is 28.4. The number of nitrogens with zero attached hydrogens (tertiary/aromatic N) is 5. The van der Waals surface area contributed by atoms with Crippen molar-refractivity contribution in [2.24, 2.45) is 5.92 Å². The number of carbonyl (C=O) groups is 7. The molecule has 32 heteroatoms. The van der Waals surface area contributed by atoms with Crippen molar-refractivity contribution in [1.29, 1.82) is 0 Å². The first kappa shape index (κ1) is 71.2. The third kappa shape index (κ3) is 17.9. The van der Waals surface area contributed by atoms with Gasteiger partial charge in [0.25, 0.3) is 18.2 Å². The van der Waals surface area contributed by atoms with E-state index in [1.165, 1.54) is 36.5 Å². The van der Waals surface area contributed by atoms with Gasteiger partial charge in [-0.25, -0.2) is 6.57 Å². The number of ether oxygens (including phenoxy) is 1. The number of aliphatic hydroxyl groups is 6. The van der Waals surface area contributed by atoms with Crippen molar-refractivity contribution in [3.05, 3.63) is 119 Å². The first-order chi connectivity index (χ1) is 43.1. The van der Waals surface area contributed by atoms with Crippen LogP contribution in [0.4, 0.5) is 0 Å². The van der Waals surface area contributed by atoms with E-state index in [1.807, 2.05) is 55.5 Å². The molecule has 12 N–H and O–H groups in total. The minimum Gasteiger partial charge on any atom is -0.691 e. The van der Waals surface area contributed by atoms with E-state index in [0.29, 0.717) is 28.8 Å². The molecule has 5 aromatic rings. The molecule has 0 aliphatic carbocycles. The molecule has 3 aliphatic heterocycles. The van der Waals surface area contributed by atoms with Gasteiger partial charge in [0.2, 0.25) is 42.0 Å².